The number of benzene rings is 2. The van der Waals surface area contributed by atoms with Crippen molar-refractivity contribution in [3.63, 3.8) is 0 Å². The first kappa shape index (κ1) is 25.4. The lowest BCUT2D eigenvalue weighted by molar-refractivity contribution is -0.115. The van der Waals surface area contributed by atoms with E-state index < -0.39 is 0 Å². The molecule has 35 heavy (non-hydrogen) atoms. The predicted octanol–water partition coefficient (Wildman–Crippen LogP) is 5.96. The fourth-order valence-electron chi connectivity index (χ4n) is 5.49. The van der Waals surface area contributed by atoms with Crippen molar-refractivity contribution >= 4 is 17.5 Å². The summed E-state index contributed by atoms with van der Waals surface area (Å²) in [5.41, 5.74) is 3.65. The van der Waals surface area contributed by atoms with Crippen LogP contribution in [0, 0.1) is 0 Å². The van der Waals surface area contributed by atoms with Crippen LogP contribution in [-0.2, 0) is 11.2 Å². The van der Waals surface area contributed by atoms with Crippen molar-refractivity contribution in [1.82, 2.24) is 10.6 Å². The molecule has 0 aromatic heterocycles. The zero-order valence-corrected chi connectivity index (χ0v) is 21.0. The van der Waals surface area contributed by atoms with E-state index in [9.17, 15) is 9.59 Å². The molecule has 0 heterocycles. The normalized spacial score (nSPS) is 17.1. The molecule has 0 bridgehead atoms. The zero-order chi connectivity index (χ0) is 24.3. The monoisotopic (exact) mass is 475 g/mol. The molecule has 2 aromatic rings. The molecule has 5 nitrogen and oxygen atoms in total. The molecule has 5 heteroatoms. The molecule has 0 unspecified atom stereocenters. The fourth-order valence-corrected chi connectivity index (χ4v) is 5.49. The highest BCUT2D eigenvalue weighted by molar-refractivity contribution is 5.95. The second-order valence-corrected chi connectivity index (χ2v) is 10.3. The van der Waals surface area contributed by atoms with Gasteiger partial charge in [0, 0.05) is 23.8 Å². The smallest absolute Gasteiger partial charge is 0.251 e. The van der Waals surface area contributed by atoms with Gasteiger partial charge in [-0.05, 0) is 80.0 Å². The van der Waals surface area contributed by atoms with E-state index in [0.29, 0.717) is 24.1 Å². The van der Waals surface area contributed by atoms with Gasteiger partial charge < -0.3 is 16.0 Å². The maximum atomic E-state index is 12.6. The van der Waals surface area contributed by atoms with E-state index in [4.69, 9.17) is 0 Å². The average Bonchev–Trinajstić information content (AvgIpc) is 2.90. The lowest BCUT2D eigenvalue weighted by Gasteiger charge is -2.22. The molecule has 0 radical (unpaired) electrons. The molecular weight excluding hydrogens is 434 g/mol. The highest BCUT2D eigenvalue weighted by Crippen LogP contribution is 2.33. The van der Waals surface area contributed by atoms with Gasteiger partial charge in [-0.15, -0.1) is 0 Å². The third kappa shape index (κ3) is 8.21. The molecule has 188 valence electrons. The third-order valence-electron chi connectivity index (χ3n) is 7.50. The molecule has 2 amide bonds. The summed E-state index contributed by atoms with van der Waals surface area (Å²) in [6.45, 7) is 1.59. The van der Waals surface area contributed by atoms with Crippen molar-refractivity contribution in [2.75, 3.05) is 18.4 Å². The van der Waals surface area contributed by atoms with Crippen LogP contribution in [0.3, 0.4) is 0 Å². The van der Waals surface area contributed by atoms with E-state index in [1.807, 2.05) is 30.3 Å². The van der Waals surface area contributed by atoms with E-state index in [2.05, 4.69) is 28.1 Å². The number of rotatable bonds is 10. The number of hydrogen-bond acceptors (Lipinski definition) is 3. The van der Waals surface area contributed by atoms with Gasteiger partial charge in [0.15, 0.2) is 0 Å². The summed E-state index contributed by atoms with van der Waals surface area (Å²) in [5.74, 6) is 0.514. The van der Waals surface area contributed by atoms with E-state index in [1.165, 1.54) is 69.8 Å². The summed E-state index contributed by atoms with van der Waals surface area (Å²) < 4.78 is 0. The number of carbonyl (C=O) groups is 2. The molecule has 0 aliphatic heterocycles. The number of carbonyl (C=O) groups excluding carboxylic acids is 2. The van der Waals surface area contributed by atoms with Gasteiger partial charge in [-0.3, -0.25) is 9.59 Å². The van der Waals surface area contributed by atoms with Crippen LogP contribution >= 0.6 is 0 Å². The maximum Gasteiger partial charge on any atom is 0.251 e. The Bertz CT molecular complexity index is 944. The Labute approximate surface area is 210 Å². The van der Waals surface area contributed by atoms with Gasteiger partial charge in [0.1, 0.15) is 0 Å². The number of amides is 2. The van der Waals surface area contributed by atoms with Gasteiger partial charge in [-0.2, -0.15) is 0 Å². The van der Waals surface area contributed by atoms with Crippen LogP contribution in [0.1, 0.15) is 98.0 Å². The van der Waals surface area contributed by atoms with E-state index in [-0.39, 0.29) is 18.2 Å². The summed E-state index contributed by atoms with van der Waals surface area (Å²) in [5, 5.41) is 9.62. The standard InChI is InChI=1S/C30H41N3O2/c34-29(33-28-17-15-25(16-18-28)24-10-3-1-4-11-24)22-23-9-7-12-26(21-23)30(35)32-20-8-19-31-27-13-5-2-6-14-27/h7,9,12,15-18,21,24,27,31H,1-6,8,10-11,13-14,19-20,22H2,(H,32,35)(H,33,34). The van der Waals surface area contributed by atoms with Gasteiger partial charge in [-0.25, -0.2) is 0 Å². The Morgan fingerprint density at radius 3 is 2.26 bits per heavy atom. The van der Waals surface area contributed by atoms with Crippen molar-refractivity contribution < 1.29 is 9.59 Å². The first-order valence-corrected chi connectivity index (χ1v) is 13.7. The Morgan fingerprint density at radius 1 is 0.800 bits per heavy atom. The minimum atomic E-state index is -0.0803. The van der Waals surface area contributed by atoms with Gasteiger partial charge in [0.05, 0.1) is 6.42 Å². The largest absolute Gasteiger partial charge is 0.352 e. The van der Waals surface area contributed by atoms with Gasteiger partial charge >= 0.3 is 0 Å². The predicted molar refractivity (Wildman–Crippen MR) is 143 cm³/mol. The van der Waals surface area contributed by atoms with Crippen LogP contribution in [0.5, 0.6) is 0 Å². The molecule has 0 spiro atoms. The quantitative estimate of drug-likeness (QED) is 0.372. The van der Waals surface area contributed by atoms with Crippen LogP contribution in [-0.4, -0.2) is 30.9 Å². The molecule has 2 saturated carbocycles. The molecule has 3 N–H and O–H groups in total. The molecule has 2 aromatic carbocycles. The Balaban J connectivity index is 1.19. The zero-order valence-electron chi connectivity index (χ0n) is 21.0. The highest BCUT2D eigenvalue weighted by Gasteiger charge is 2.16. The van der Waals surface area contributed by atoms with Gasteiger partial charge in [-0.1, -0.05) is 62.8 Å². The molecule has 2 aliphatic carbocycles. The fraction of sp³-hybridized carbons (Fsp3) is 0.533. The molecular formula is C30H41N3O2. The molecule has 0 atom stereocenters. The Kier molecular flexibility index (Phi) is 9.76. The minimum absolute atomic E-state index is 0.0678. The van der Waals surface area contributed by atoms with Crippen molar-refractivity contribution in [2.24, 2.45) is 0 Å². The van der Waals surface area contributed by atoms with Crippen LogP contribution in [0.2, 0.25) is 0 Å². The summed E-state index contributed by atoms with van der Waals surface area (Å²) in [7, 11) is 0. The maximum absolute atomic E-state index is 12.6. The first-order valence-electron chi connectivity index (χ1n) is 13.7. The molecule has 4 rings (SSSR count). The minimum Gasteiger partial charge on any atom is -0.352 e. The molecule has 2 fully saturated rings. The Hall–Kier alpha value is -2.66. The lowest BCUT2D eigenvalue weighted by atomic mass is 9.84. The van der Waals surface area contributed by atoms with Crippen LogP contribution in [0.4, 0.5) is 5.69 Å². The summed E-state index contributed by atoms with van der Waals surface area (Å²) in [4.78, 5) is 25.2. The SMILES string of the molecule is O=C(Cc1cccc(C(=O)NCCCNC2CCCCC2)c1)Nc1ccc(C2CCCCC2)cc1. The summed E-state index contributed by atoms with van der Waals surface area (Å²) in [6, 6.07) is 16.4. The van der Waals surface area contributed by atoms with Crippen molar-refractivity contribution in [3.8, 4) is 0 Å². The van der Waals surface area contributed by atoms with Crippen molar-refractivity contribution in [3.05, 3.63) is 65.2 Å². The van der Waals surface area contributed by atoms with Crippen LogP contribution in [0.15, 0.2) is 48.5 Å². The van der Waals surface area contributed by atoms with Crippen LogP contribution < -0.4 is 16.0 Å². The average molecular weight is 476 g/mol. The summed E-state index contributed by atoms with van der Waals surface area (Å²) in [6.07, 6.45) is 14.3. The van der Waals surface area contributed by atoms with E-state index in [0.717, 1.165) is 24.2 Å². The highest BCUT2D eigenvalue weighted by atomic mass is 16.2. The van der Waals surface area contributed by atoms with Gasteiger partial charge in [0.2, 0.25) is 5.91 Å². The first-order chi connectivity index (χ1) is 17.2. The number of hydrogen-bond donors (Lipinski definition) is 3. The van der Waals surface area contributed by atoms with E-state index >= 15 is 0 Å². The summed E-state index contributed by atoms with van der Waals surface area (Å²) >= 11 is 0. The van der Waals surface area contributed by atoms with Crippen LogP contribution in [0.25, 0.3) is 0 Å². The number of anilines is 1. The van der Waals surface area contributed by atoms with Crippen molar-refractivity contribution in [1.29, 1.82) is 0 Å². The Morgan fingerprint density at radius 2 is 1.51 bits per heavy atom. The molecule has 2 aliphatic rings. The third-order valence-corrected chi connectivity index (χ3v) is 7.50. The topological polar surface area (TPSA) is 70.2 Å². The van der Waals surface area contributed by atoms with E-state index in [1.54, 1.807) is 6.07 Å². The van der Waals surface area contributed by atoms with Crippen molar-refractivity contribution in [2.45, 2.75) is 89.0 Å². The second-order valence-electron chi connectivity index (χ2n) is 10.3. The lowest BCUT2D eigenvalue weighted by Crippen LogP contribution is -2.34. The number of nitrogens with one attached hydrogen (secondary N) is 3. The second kappa shape index (κ2) is 13.4. The molecule has 0 saturated heterocycles. The van der Waals surface area contributed by atoms with Gasteiger partial charge in [0.25, 0.3) is 5.91 Å².